The lowest BCUT2D eigenvalue weighted by Gasteiger charge is -2.40. The number of methoxy groups -OCH3 is 1. The van der Waals surface area contributed by atoms with E-state index in [2.05, 4.69) is 5.32 Å². The van der Waals surface area contributed by atoms with Crippen LogP contribution in [0.25, 0.3) is 11.1 Å². The quantitative estimate of drug-likeness (QED) is 0.195. The lowest BCUT2D eigenvalue weighted by molar-refractivity contribution is -0.139. The minimum atomic E-state index is -4.99. The highest BCUT2D eigenvalue weighted by Crippen LogP contribution is 2.43. The molecule has 4 heterocycles. The van der Waals surface area contributed by atoms with E-state index >= 15 is 8.78 Å². The molecule has 56 heavy (non-hydrogen) atoms. The second kappa shape index (κ2) is 15.0. The van der Waals surface area contributed by atoms with Crippen LogP contribution in [0.4, 0.5) is 32.0 Å². The number of aryl methyl sites for hydroxylation is 2. The number of hydrogen-bond donors (Lipinski definition) is 2. The molecule has 0 aliphatic carbocycles. The number of alkyl halides is 4. The third kappa shape index (κ3) is 7.59. The van der Waals surface area contributed by atoms with Gasteiger partial charge in [0.15, 0.2) is 0 Å². The highest BCUT2D eigenvalue weighted by atomic mass is 19.4. The van der Waals surface area contributed by atoms with Gasteiger partial charge in [0, 0.05) is 80.5 Å². The Bertz CT molecular complexity index is 2270. The van der Waals surface area contributed by atoms with Gasteiger partial charge >= 0.3 is 12.1 Å². The molecule has 296 valence electrons. The normalized spacial score (nSPS) is 19.1. The first-order valence-corrected chi connectivity index (χ1v) is 17.9. The molecule has 7 rings (SSSR count). The summed E-state index contributed by atoms with van der Waals surface area (Å²) in [5.41, 5.74) is -1.29. The van der Waals surface area contributed by atoms with Crippen molar-refractivity contribution in [2.45, 2.75) is 57.2 Å². The van der Waals surface area contributed by atoms with E-state index < -0.39 is 76.6 Å². The molecule has 0 saturated carbocycles. The molecular formula is C40H38F6N4O6. The summed E-state index contributed by atoms with van der Waals surface area (Å²) in [6, 6.07) is 6.67. The van der Waals surface area contributed by atoms with Gasteiger partial charge in [0.05, 0.1) is 24.1 Å². The topological polar surface area (TPSA) is 113 Å². The van der Waals surface area contributed by atoms with Crippen LogP contribution in [0.5, 0.6) is 11.5 Å². The summed E-state index contributed by atoms with van der Waals surface area (Å²) < 4.78 is 101. The molecule has 16 heteroatoms. The maximum Gasteiger partial charge on any atom is 0.416 e. The van der Waals surface area contributed by atoms with Crippen molar-refractivity contribution in [1.82, 2.24) is 14.8 Å². The van der Waals surface area contributed by atoms with Crippen LogP contribution in [-0.4, -0.2) is 78.6 Å². The summed E-state index contributed by atoms with van der Waals surface area (Å²) in [7, 11) is 1.61. The Morgan fingerprint density at radius 3 is 2.38 bits per heavy atom. The number of aromatic nitrogens is 1. The van der Waals surface area contributed by atoms with Crippen molar-refractivity contribution in [3.63, 3.8) is 0 Å². The molecule has 2 saturated heterocycles. The van der Waals surface area contributed by atoms with E-state index in [1.165, 1.54) is 19.1 Å². The van der Waals surface area contributed by atoms with Crippen molar-refractivity contribution in [2.24, 2.45) is 0 Å². The third-order valence-electron chi connectivity index (χ3n) is 10.6. The fourth-order valence-electron chi connectivity index (χ4n) is 7.59. The van der Waals surface area contributed by atoms with Gasteiger partial charge in [0.1, 0.15) is 35.3 Å². The maximum atomic E-state index is 16.1. The maximum absolute atomic E-state index is 16.1. The molecule has 1 amide bonds. The average Bonchev–Trinajstić information content (AvgIpc) is 3.08. The number of pyridine rings is 1. The predicted molar refractivity (Wildman–Crippen MR) is 193 cm³/mol. The zero-order valence-corrected chi connectivity index (χ0v) is 30.6. The number of carbonyl (C=O) groups excluding carboxylic acids is 1. The zero-order chi connectivity index (χ0) is 40.2. The molecule has 0 unspecified atom stereocenters. The number of nitrogens with zero attached hydrogens (tertiary/aromatic N) is 3. The van der Waals surface area contributed by atoms with Crippen molar-refractivity contribution in [2.75, 3.05) is 44.7 Å². The van der Waals surface area contributed by atoms with Gasteiger partial charge in [-0.3, -0.25) is 23.9 Å². The van der Waals surface area contributed by atoms with Crippen molar-refractivity contribution in [3.05, 3.63) is 110 Å². The van der Waals surface area contributed by atoms with Crippen molar-refractivity contribution < 1.29 is 50.5 Å². The van der Waals surface area contributed by atoms with Crippen LogP contribution < -0.4 is 20.5 Å². The van der Waals surface area contributed by atoms with E-state index in [9.17, 15) is 37.1 Å². The summed E-state index contributed by atoms with van der Waals surface area (Å²) in [6.45, 7) is 4.47. The first kappa shape index (κ1) is 38.9. The van der Waals surface area contributed by atoms with Crippen molar-refractivity contribution in [3.8, 4) is 22.6 Å². The molecule has 3 aliphatic rings. The van der Waals surface area contributed by atoms with Crippen LogP contribution in [-0.2, 0) is 26.9 Å². The predicted octanol–water partition coefficient (Wildman–Crippen LogP) is 6.49. The van der Waals surface area contributed by atoms with Gasteiger partial charge in [-0.15, -0.1) is 0 Å². The van der Waals surface area contributed by atoms with E-state index in [0.29, 0.717) is 40.4 Å². The minimum Gasteiger partial charge on any atom is -0.481 e. The monoisotopic (exact) mass is 784 g/mol. The largest absolute Gasteiger partial charge is 0.481 e. The second-order valence-corrected chi connectivity index (χ2v) is 14.5. The molecule has 2 atom stereocenters. The number of rotatable bonds is 8. The Morgan fingerprint density at radius 2 is 1.71 bits per heavy atom. The Kier molecular flexibility index (Phi) is 10.4. The van der Waals surface area contributed by atoms with Gasteiger partial charge in [-0.25, -0.2) is 13.2 Å². The standard InChI is InChI=1S/C40H38F6N4O6/c1-20-9-25(49-18-27(19-49)55-3)11-33-36(20)23-8-21(2)37(43)29(10-23)32(14-35(52)53)47-39(54)38(28-12-26(56-33)4-5-31(28)42)50-15-22(6-7-48-16-24(41)17-48)30(13-34(50)51)40(44,45)46/h4-5,8-13,15,24,27,32,38H,6-7,14,16-19H2,1-3H3,(H,47,54)(H,52,53)/t32-,38-/m1/s1. The molecule has 0 spiro atoms. The van der Waals surface area contributed by atoms with Gasteiger partial charge in [-0.2, -0.15) is 13.2 Å². The smallest absolute Gasteiger partial charge is 0.416 e. The second-order valence-electron chi connectivity index (χ2n) is 14.5. The molecular weight excluding hydrogens is 746 g/mol. The molecule has 3 aromatic carbocycles. The summed E-state index contributed by atoms with van der Waals surface area (Å²) in [5.74, 6) is -4.27. The number of anilines is 1. The van der Waals surface area contributed by atoms with Crippen LogP contribution in [0.2, 0.25) is 0 Å². The van der Waals surface area contributed by atoms with Gasteiger partial charge in [0.2, 0.25) is 5.91 Å². The van der Waals surface area contributed by atoms with Crippen LogP contribution in [0.1, 0.15) is 51.9 Å². The number of benzene rings is 3. The highest BCUT2D eigenvalue weighted by Gasteiger charge is 2.38. The number of halogens is 6. The first-order valence-electron chi connectivity index (χ1n) is 17.9. The number of ether oxygens (including phenoxy) is 2. The van der Waals surface area contributed by atoms with Gasteiger partial charge in [-0.1, -0.05) is 0 Å². The fraction of sp³-hybridized carbons (Fsp3) is 0.375. The lowest BCUT2D eigenvalue weighted by atomic mass is 9.91. The molecule has 10 nitrogen and oxygen atoms in total. The molecule has 4 aromatic rings. The summed E-state index contributed by atoms with van der Waals surface area (Å²) >= 11 is 0. The van der Waals surface area contributed by atoms with Crippen molar-refractivity contribution >= 4 is 17.6 Å². The Labute approximate surface area is 317 Å². The zero-order valence-electron chi connectivity index (χ0n) is 30.6. The van der Waals surface area contributed by atoms with E-state index in [1.54, 1.807) is 24.1 Å². The molecule has 4 bridgehead atoms. The number of aliphatic carboxylic acids is 1. The number of carbonyl (C=O) groups is 2. The molecule has 0 radical (unpaired) electrons. The Hall–Kier alpha value is -5.35. The van der Waals surface area contributed by atoms with Gasteiger partial charge in [0.25, 0.3) is 5.56 Å². The molecule has 3 aliphatic heterocycles. The molecule has 1 aromatic heterocycles. The van der Waals surface area contributed by atoms with E-state index in [4.69, 9.17) is 9.47 Å². The third-order valence-corrected chi connectivity index (χ3v) is 10.6. The first-order chi connectivity index (χ1) is 26.5. The summed E-state index contributed by atoms with van der Waals surface area (Å²) in [4.78, 5) is 44.0. The SMILES string of the molecule is COC1CN(c2cc(C)c3c(c2)Oc2ccc(F)c(c2)[C@@H](n2cc(CCN4CC(F)C4)c(C(F)(F)F)cc2=O)C(=O)N[C@H](CC(=O)O)c2cc-3cc(C)c2F)C1. The van der Waals surface area contributed by atoms with E-state index in [0.717, 1.165) is 24.0 Å². The van der Waals surface area contributed by atoms with Gasteiger partial charge in [-0.05, 0) is 78.9 Å². The summed E-state index contributed by atoms with van der Waals surface area (Å²) in [6.07, 6.45) is -6.45. The van der Waals surface area contributed by atoms with Crippen LogP contribution in [0.15, 0.2) is 59.5 Å². The van der Waals surface area contributed by atoms with Gasteiger partial charge < -0.3 is 24.8 Å². The molecule has 2 fully saturated rings. The Balaban J connectivity index is 1.44. The fourth-order valence-corrected chi connectivity index (χ4v) is 7.59. The minimum absolute atomic E-state index is 0.00314. The van der Waals surface area contributed by atoms with E-state index in [-0.39, 0.29) is 54.8 Å². The number of likely N-dealkylation sites (tertiary alicyclic amines) is 1. The van der Waals surface area contributed by atoms with E-state index in [1.807, 2.05) is 17.9 Å². The number of hydrogen-bond acceptors (Lipinski definition) is 7. The number of nitrogens with one attached hydrogen (secondary N) is 1. The summed E-state index contributed by atoms with van der Waals surface area (Å²) in [5, 5.41) is 12.4. The highest BCUT2D eigenvalue weighted by molar-refractivity contribution is 5.86. The number of fused-ring (bicyclic) bond motifs is 6. The van der Waals surface area contributed by atoms with Crippen LogP contribution >= 0.6 is 0 Å². The average molecular weight is 785 g/mol. The Morgan fingerprint density at radius 1 is 0.982 bits per heavy atom. The molecule has 2 N–H and O–H groups in total. The lowest BCUT2D eigenvalue weighted by Crippen LogP contribution is -2.51. The number of amides is 1. The number of carboxylic acids is 1. The number of carboxylic acid groups (broad SMARTS) is 1. The van der Waals surface area contributed by atoms with Crippen LogP contribution in [0.3, 0.4) is 0 Å². The van der Waals surface area contributed by atoms with Crippen molar-refractivity contribution in [1.29, 1.82) is 0 Å². The van der Waals surface area contributed by atoms with Crippen LogP contribution in [0, 0.1) is 25.5 Å².